The van der Waals surface area contributed by atoms with Crippen molar-refractivity contribution >= 4 is 11.6 Å². The van der Waals surface area contributed by atoms with Gasteiger partial charge in [-0.25, -0.2) is 0 Å². The van der Waals surface area contributed by atoms with Gasteiger partial charge in [-0.2, -0.15) is 5.26 Å². The molecule has 1 aromatic heterocycles. The predicted octanol–water partition coefficient (Wildman–Crippen LogP) is 2.15. The molecule has 2 aromatic rings. The smallest absolute Gasteiger partial charge is 0.272 e. The third-order valence-corrected chi connectivity index (χ3v) is 2.43. The van der Waals surface area contributed by atoms with Crippen LogP contribution < -0.4 is 5.32 Å². The maximum atomic E-state index is 11.9. The molecule has 0 unspecified atom stereocenters. The third-order valence-electron chi connectivity index (χ3n) is 2.43. The van der Waals surface area contributed by atoms with Gasteiger partial charge in [-0.05, 0) is 30.3 Å². The molecule has 1 amide bonds. The maximum Gasteiger partial charge on any atom is 0.272 e. The molecule has 84 valence electrons. The van der Waals surface area contributed by atoms with E-state index in [-0.39, 0.29) is 5.91 Å². The van der Waals surface area contributed by atoms with Crippen molar-refractivity contribution in [1.29, 1.82) is 5.26 Å². The molecule has 17 heavy (non-hydrogen) atoms. The first-order valence-corrected chi connectivity index (χ1v) is 5.13. The zero-order chi connectivity index (χ0) is 12.3. The molecule has 0 saturated carbocycles. The Labute approximate surface area is 99.1 Å². The van der Waals surface area contributed by atoms with Crippen molar-refractivity contribution in [3.05, 3.63) is 53.9 Å². The molecule has 0 aliphatic heterocycles. The molecular weight excluding hydrogens is 214 g/mol. The van der Waals surface area contributed by atoms with Crippen LogP contribution in [0.5, 0.6) is 0 Å². The van der Waals surface area contributed by atoms with Gasteiger partial charge in [-0.15, -0.1) is 0 Å². The summed E-state index contributed by atoms with van der Waals surface area (Å²) in [6, 6.07) is 12.4. The molecule has 1 N–H and O–H groups in total. The molecule has 0 saturated heterocycles. The number of nitrogens with one attached hydrogen (secondary N) is 1. The van der Waals surface area contributed by atoms with Gasteiger partial charge in [0.25, 0.3) is 5.91 Å². The number of benzene rings is 1. The van der Waals surface area contributed by atoms with E-state index in [4.69, 9.17) is 5.26 Å². The van der Waals surface area contributed by atoms with Crippen molar-refractivity contribution in [3.63, 3.8) is 0 Å². The highest BCUT2D eigenvalue weighted by Crippen LogP contribution is 2.11. The topological polar surface area (TPSA) is 57.8 Å². The highest BCUT2D eigenvalue weighted by atomic mass is 16.1. The van der Waals surface area contributed by atoms with Crippen LogP contribution in [0.15, 0.2) is 42.6 Å². The van der Waals surface area contributed by atoms with Crippen LogP contribution >= 0.6 is 0 Å². The fourth-order valence-electron chi connectivity index (χ4n) is 1.56. The SMILES string of the molecule is Cn1cccc1C(=O)Nc1cccc(C#N)c1. The van der Waals surface area contributed by atoms with E-state index in [0.717, 1.165) is 0 Å². The van der Waals surface area contributed by atoms with E-state index in [1.54, 1.807) is 54.2 Å². The highest BCUT2D eigenvalue weighted by molar-refractivity contribution is 6.03. The lowest BCUT2D eigenvalue weighted by molar-refractivity contribution is 0.101. The lowest BCUT2D eigenvalue weighted by atomic mass is 10.2. The van der Waals surface area contributed by atoms with E-state index < -0.39 is 0 Å². The van der Waals surface area contributed by atoms with E-state index in [2.05, 4.69) is 5.32 Å². The summed E-state index contributed by atoms with van der Waals surface area (Å²) in [7, 11) is 1.81. The summed E-state index contributed by atoms with van der Waals surface area (Å²) in [5.41, 5.74) is 1.72. The van der Waals surface area contributed by atoms with Gasteiger partial charge in [0.15, 0.2) is 0 Å². The lowest BCUT2D eigenvalue weighted by Gasteiger charge is -2.06. The minimum atomic E-state index is -0.187. The maximum absolute atomic E-state index is 11.9. The van der Waals surface area contributed by atoms with E-state index >= 15 is 0 Å². The first-order chi connectivity index (χ1) is 8.20. The van der Waals surface area contributed by atoms with Crippen LogP contribution in [-0.2, 0) is 7.05 Å². The molecule has 0 aliphatic rings. The van der Waals surface area contributed by atoms with Crippen LogP contribution in [0.4, 0.5) is 5.69 Å². The minimum Gasteiger partial charge on any atom is -0.347 e. The second-order valence-electron chi connectivity index (χ2n) is 3.65. The van der Waals surface area contributed by atoms with Gasteiger partial charge in [0.1, 0.15) is 5.69 Å². The van der Waals surface area contributed by atoms with Gasteiger partial charge in [0, 0.05) is 18.9 Å². The zero-order valence-electron chi connectivity index (χ0n) is 9.34. The number of carbonyl (C=O) groups is 1. The Kier molecular flexibility index (Phi) is 2.93. The molecule has 0 radical (unpaired) electrons. The number of carbonyl (C=O) groups excluding carboxylic acids is 1. The van der Waals surface area contributed by atoms with Crippen LogP contribution in [-0.4, -0.2) is 10.5 Å². The van der Waals surface area contributed by atoms with E-state index in [1.807, 2.05) is 6.07 Å². The van der Waals surface area contributed by atoms with E-state index in [1.165, 1.54) is 0 Å². The molecule has 0 fully saturated rings. The Morgan fingerprint density at radius 3 is 2.82 bits per heavy atom. The molecule has 0 bridgehead atoms. The summed E-state index contributed by atoms with van der Waals surface area (Å²) in [4.78, 5) is 11.9. The number of aryl methyl sites for hydroxylation is 1. The Balaban J connectivity index is 2.19. The van der Waals surface area contributed by atoms with Crippen molar-refractivity contribution in [2.45, 2.75) is 0 Å². The number of rotatable bonds is 2. The fourth-order valence-corrected chi connectivity index (χ4v) is 1.56. The summed E-state index contributed by atoms with van der Waals surface area (Å²) in [6.45, 7) is 0. The van der Waals surface area contributed by atoms with Gasteiger partial charge >= 0.3 is 0 Å². The normalized spacial score (nSPS) is 9.65. The Bertz CT molecular complexity index is 593. The van der Waals surface area contributed by atoms with Crippen molar-refractivity contribution in [2.75, 3.05) is 5.32 Å². The number of nitriles is 1. The quantitative estimate of drug-likeness (QED) is 0.851. The van der Waals surface area contributed by atoms with Gasteiger partial charge < -0.3 is 9.88 Å². The van der Waals surface area contributed by atoms with Crippen molar-refractivity contribution in [2.24, 2.45) is 7.05 Å². The number of amides is 1. The number of aromatic nitrogens is 1. The minimum absolute atomic E-state index is 0.187. The van der Waals surface area contributed by atoms with Crippen LogP contribution in [0.2, 0.25) is 0 Å². The number of hydrogen-bond acceptors (Lipinski definition) is 2. The summed E-state index contributed by atoms with van der Waals surface area (Å²) in [5.74, 6) is -0.187. The van der Waals surface area contributed by atoms with E-state index in [9.17, 15) is 4.79 Å². The van der Waals surface area contributed by atoms with Crippen LogP contribution in [0, 0.1) is 11.3 Å². The Morgan fingerprint density at radius 2 is 2.18 bits per heavy atom. The molecule has 0 atom stereocenters. The first kappa shape index (κ1) is 11.0. The largest absolute Gasteiger partial charge is 0.347 e. The summed E-state index contributed by atoms with van der Waals surface area (Å²) >= 11 is 0. The molecular formula is C13H11N3O. The predicted molar refractivity (Wildman–Crippen MR) is 64.5 cm³/mol. The van der Waals surface area contributed by atoms with Gasteiger partial charge in [-0.3, -0.25) is 4.79 Å². The monoisotopic (exact) mass is 225 g/mol. The summed E-state index contributed by atoms with van der Waals surface area (Å²) in [6.07, 6.45) is 1.81. The van der Waals surface area contributed by atoms with Crippen molar-refractivity contribution in [3.8, 4) is 6.07 Å². The first-order valence-electron chi connectivity index (χ1n) is 5.13. The standard InChI is InChI=1S/C13H11N3O/c1-16-7-3-6-12(16)13(17)15-11-5-2-4-10(8-11)9-14/h2-8H,1H3,(H,15,17). The summed E-state index contributed by atoms with van der Waals surface area (Å²) in [5, 5.41) is 11.5. The van der Waals surface area contributed by atoms with Crippen molar-refractivity contribution < 1.29 is 4.79 Å². The van der Waals surface area contributed by atoms with Gasteiger partial charge in [-0.1, -0.05) is 6.07 Å². The molecule has 0 spiro atoms. The second-order valence-corrected chi connectivity index (χ2v) is 3.65. The number of hydrogen-bond donors (Lipinski definition) is 1. The van der Waals surface area contributed by atoms with E-state index in [0.29, 0.717) is 16.9 Å². The number of anilines is 1. The zero-order valence-corrected chi connectivity index (χ0v) is 9.34. The van der Waals surface area contributed by atoms with Gasteiger partial charge in [0.2, 0.25) is 0 Å². The molecule has 4 heteroatoms. The van der Waals surface area contributed by atoms with Crippen LogP contribution in [0.25, 0.3) is 0 Å². The molecule has 4 nitrogen and oxygen atoms in total. The third kappa shape index (κ3) is 2.34. The number of nitrogens with zero attached hydrogens (tertiary/aromatic N) is 2. The molecule has 0 aliphatic carbocycles. The summed E-state index contributed by atoms with van der Waals surface area (Å²) < 4.78 is 1.74. The van der Waals surface area contributed by atoms with Crippen molar-refractivity contribution in [1.82, 2.24) is 4.57 Å². The van der Waals surface area contributed by atoms with Crippen LogP contribution in [0.3, 0.4) is 0 Å². The lowest BCUT2D eigenvalue weighted by Crippen LogP contribution is -2.15. The van der Waals surface area contributed by atoms with Crippen LogP contribution in [0.1, 0.15) is 16.1 Å². The molecule has 1 heterocycles. The second kappa shape index (κ2) is 4.54. The average Bonchev–Trinajstić information content (AvgIpc) is 2.76. The fraction of sp³-hybridized carbons (Fsp3) is 0.0769. The average molecular weight is 225 g/mol. The highest BCUT2D eigenvalue weighted by Gasteiger charge is 2.08. The van der Waals surface area contributed by atoms with Gasteiger partial charge in [0.05, 0.1) is 11.6 Å². The Morgan fingerprint density at radius 1 is 1.35 bits per heavy atom. The Hall–Kier alpha value is -2.54. The molecule has 1 aromatic carbocycles. The molecule has 2 rings (SSSR count).